The predicted octanol–water partition coefficient (Wildman–Crippen LogP) is 4.75. The molecule has 116 valence electrons. The Labute approximate surface area is 138 Å². The van der Waals surface area contributed by atoms with E-state index in [1.54, 1.807) is 12.1 Å². The topological polar surface area (TPSA) is 24.0 Å². The van der Waals surface area contributed by atoms with E-state index in [-0.39, 0.29) is 11.9 Å². The molecule has 0 aliphatic rings. The molecule has 1 N–H and O–H groups in total. The second-order valence-corrected chi connectivity index (χ2v) is 7.37. The lowest BCUT2D eigenvalue weighted by Gasteiger charge is -2.25. The Morgan fingerprint density at radius 1 is 1.38 bits per heavy atom. The molecule has 1 atom stereocenters. The Bertz CT molecular complexity index is 680. The van der Waals surface area contributed by atoms with E-state index in [0.717, 1.165) is 24.0 Å². The molecule has 0 fully saturated rings. The van der Waals surface area contributed by atoms with Crippen LogP contribution in [0.15, 0.2) is 16.6 Å². The van der Waals surface area contributed by atoms with E-state index < -0.39 is 0 Å². The van der Waals surface area contributed by atoms with Gasteiger partial charge in [-0.05, 0) is 60.6 Å². The maximum atomic E-state index is 13.9. The zero-order chi connectivity index (χ0) is 15.7. The van der Waals surface area contributed by atoms with Gasteiger partial charge in [0.2, 0.25) is 0 Å². The van der Waals surface area contributed by atoms with Crippen molar-refractivity contribution < 1.29 is 4.39 Å². The number of nitrogens with one attached hydrogen (secondary N) is 1. The third-order valence-corrected chi connectivity index (χ3v) is 4.35. The number of halogens is 2. The molecule has 2 rings (SSSR count). The first-order valence-corrected chi connectivity index (χ1v) is 8.23. The van der Waals surface area contributed by atoms with E-state index in [2.05, 4.69) is 44.2 Å². The molecule has 1 aromatic heterocycles. The predicted molar refractivity (Wildman–Crippen MR) is 91.8 cm³/mol. The summed E-state index contributed by atoms with van der Waals surface area (Å²) in [4.78, 5) is 5.33. The van der Waals surface area contributed by atoms with Crippen molar-refractivity contribution in [1.82, 2.24) is 14.5 Å². The zero-order valence-electron chi connectivity index (χ0n) is 12.8. The van der Waals surface area contributed by atoms with Gasteiger partial charge in [0, 0.05) is 18.7 Å². The summed E-state index contributed by atoms with van der Waals surface area (Å²) in [6.45, 7) is 5.26. The number of likely N-dealkylation sites (N-methyl/N-ethyl adjacent to an activating group) is 1. The van der Waals surface area contributed by atoms with Crippen molar-refractivity contribution in [2.75, 3.05) is 20.6 Å². The summed E-state index contributed by atoms with van der Waals surface area (Å²) in [6, 6.07) is 3.52. The van der Waals surface area contributed by atoms with Crippen LogP contribution in [-0.2, 0) is 0 Å². The van der Waals surface area contributed by atoms with Crippen LogP contribution in [0.25, 0.3) is 11.0 Å². The fraction of sp³-hybridized carbons (Fsp3) is 0.533. The Hall–Kier alpha value is -0.720. The molecular weight excluding hydrogens is 353 g/mol. The minimum absolute atomic E-state index is 0.224. The number of H-pyrrole nitrogens is 1. The highest BCUT2D eigenvalue weighted by Crippen LogP contribution is 2.28. The van der Waals surface area contributed by atoms with Crippen LogP contribution in [0.5, 0.6) is 0 Å². The van der Waals surface area contributed by atoms with Crippen LogP contribution in [0, 0.1) is 16.5 Å². The van der Waals surface area contributed by atoms with E-state index in [9.17, 15) is 4.39 Å². The van der Waals surface area contributed by atoms with E-state index in [1.165, 1.54) is 0 Å². The van der Waals surface area contributed by atoms with Crippen molar-refractivity contribution in [1.29, 1.82) is 0 Å². The van der Waals surface area contributed by atoms with Crippen molar-refractivity contribution in [3.05, 3.63) is 27.2 Å². The summed E-state index contributed by atoms with van der Waals surface area (Å²) in [6.07, 6.45) is 0.997. The molecule has 0 spiro atoms. The molecule has 0 amide bonds. The van der Waals surface area contributed by atoms with Gasteiger partial charge in [0.1, 0.15) is 5.82 Å². The number of fused-ring (bicyclic) bond motifs is 1. The average molecular weight is 374 g/mol. The number of aromatic nitrogens is 2. The number of benzene rings is 1. The smallest absolute Gasteiger partial charge is 0.178 e. The molecule has 0 saturated carbocycles. The SMILES string of the molecule is CC(C)CC(CN(C)C)n1c(=S)[nH]c2cc(Br)c(F)cc21. The van der Waals surface area contributed by atoms with Gasteiger partial charge in [-0.3, -0.25) is 0 Å². The van der Waals surface area contributed by atoms with Gasteiger partial charge in [-0.2, -0.15) is 0 Å². The van der Waals surface area contributed by atoms with Crippen molar-refractivity contribution in [2.24, 2.45) is 5.92 Å². The molecule has 0 aliphatic heterocycles. The number of hydrogen-bond donors (Lipinski definition) is 1. The highest BCUT2D eigenvalue weighted by atomic mass is 79.9. The van der Waals surface area contributed by atoms with Crippen LogP contribution in [0.3, 0.4) is 0 Å². The van der Waals surface area contributed by atoms with Crippen molar-refractivity contribution in [3.63, 3.8) is 0 Å². The van der Waals surface area contributed by atoms with Crippen LogP contribution in [-0.4, -0.2) is 35.1 Å². The molecule has 0 bridgehead atoms. The molecule has 1 unspecified atom stereocenters. The van der Waals surface area contributed by atoms with Crippen LogP contribution >= 0.6 is 28.1 Å². The number of imidazole rings is 1. The fourth-order valence-corrected chi connectivity index (χ4v) is 3.41. The lowest BCUT2D eigenvalue weighted by molar-refractivity contribution is 0.291. The van der Waals surface area contributed by atoms with Gasteiger partial charge >= 0.3 is 0 Å². The molecule has 6 heteroatoms. The van der Waals surface area contributed by atoms with Crippen LogP contribution in [0.4, 0.5) is 4.39 Å². The summed E-state index contributed by atoms with van der Waals surface area (Å²) in [5, 5.41) is 0. The molecule has 0 saturated heterocycles. The molecule has 1 aromatic carbocycles. The average Bonchev–Trinajstić information content (AvgIpc) is 2.63. The Kier molecular flexibility index (Phi) is 5.22. The maximum Gasteiger partial charge on any atom is 0.178 e. The highest BCUT2D eigenvalue weighted by molar-refractivity contribution is 9.10. The lowest BCUT2D eigenvalue weighted by Crippen LogP contribution is -2.25. The number of aromatic amines is 1. The monoisotopic (exact) mass is 373 g/mol. The van der Waals surface area contributed by atoms with E-state index >= 15 is 0 Å². The van der Waals surface area contributed by atoms with Gasteiger partial charge < -0.3 is 14.5 Å². The van der Waals surface area contributed by atoms with Gasteiger partial charge in [-0.25, -0.2) is 4.39 Å². The zero-order valence-corrected chi connectivity index (χ0v) is 15.2. The second kappa shape index (κ2) is 6.58. The Morgan fingerprint density at radius 3 is 2.62 bits per heavy atom. The maximum absolute atomic E-state index is 13.9. The van der Waals surface area contributed by atoms with Gasteiger partial charge in [-0.1, -0.05) is 13.8 Å². The molecule has 2 aromatic rings. The van der Waals surface area contributed by atoms with Crippen LogP contribution in [0.1, 0.15) is 26.3 Å². The van der Waals surface area contributed by atoms with Gasteiger partial charge in [0.25, 0.3) is 0 Å². The molecule has 0 radical (unpaired) electrons. The molecular formula is C15H21BrFN3S. The van der Waals surface area contributed by atoms with Gasteiger partial charge in [0.05, 0.1) is 15.5 Å². The molecule has 3 nitrogen and oxygen atoms in total. The Morgan fingerprint density at radius 2 is 2.05 bits per heavy atom. The minimum atomic E-state index is -0.265. The number of rotatable bonds is 5. The first-order chi connectivity index (χ1) is 9.79. The quantitative estimate of drug-likeness (QED) is 0.764. The highest BCUT2D eigenvalue weighted by Gasteiger charge is 2.19. The molecule has 1 heterocycles. The second-order valence-electron chi connectivity index (χ2n) is 6.13. The van der Waals surface area contributed by atoms with E-state index in [0.29, 0.717) is 15.2 Å². The number of nitrogens with zero attached hydrogens (tertiary/aromatic N) is 2. The normalized spacial score (nSPS) is 13.5. The van der Waals surface area contributed by atoms with E-state index in [1.807, 2.05) is 14.1 Å². The van der Waals surface area contributed by atoms with Gasteiger partial charge in [0.15, 0.2) is 4.77 Å². The number of hydrogen-bond acceptors (Lipinski definition) is 2. The lowest BCUT2D eigenvalue weighted by atomic mass is 10.0. The molecule has 0 aliphatic carbocycles. The largest absolute Gasteiger partial charge is 0.331 e. The fourth-order valence-electron chi connectivity index (χ4n) is 2.71. The van der Waals surface area contributed by atoms with Crippen molar-refractivity contribution >= 4 is 39.2 Å². The Balaban J connectivity index is 2.58. The van der Waals surface area contributed by atoms with Crippen LogP contribution < -0.4 is 0 Å². The summed E-state index contributed by atoms with van der Waals surface area (Å²) >= 11 is 8.69. The first-order valence-electron chi connectivity index (χ1n) is 7.03. The third kappa shape index (κ3) is 3.73. The standard InChI is InChI=1S/C15H21BrFN3S/c1-9(2)5-10(8-19(3)4)20-14-7-12(17)11(16)6-13(14)18-15(20)21/h6-7,9-10H,5,8H2,1-4H3,(H,18,21). The first kappa shape index (κ1) is 16.6. The van der Waals surface area contributed by atoms with Crippen molar-refractivity contribution in [2.45, 2.75) is 26.3 Å². The van der Waals surface area contributed by atoms with Crippen molar-refractivity contribution in [3.8, 4) is 0 Å². The van der Waals surface area contributed by atoms with Gasteiger partial charge in [-0.15, -0.1) is 0 Å². The third-order valence-electron chi connectivity index (χ3n) is 3.44. The summed E-state index contributed by atoms with van der Waals surface area (Å²) in [5.74, 6) is 0.278. The van der Waals surface area contributed by atoms with E-state index in [4.69, 9.17) is 12.2 Å². The minimum Gasteiger partial charge on any atom is -0.331 e. The van der Waals surface area contributed by atoms with Crippen LogP contribution in [0.2, 0.25) is 0 Å². The molecule has 21 heavy (non-hydrogen) atoms. The summed E-state index contributed by atoms with van der Waals surface area (Å²) < 4.78 is 17.1. The summed E-state index contributed by atoms with van der Waals surface area (Å²) in [5.41, 5.74) is 1.69. The summed E-state index contributed by atoms with van der Waals surface area (Å²) in [7, 11) is 4.09.